The molecule has 2 amide bonds. The predicted octanol–water partition coefficient (Wildman–Crippen LogP) is 3.32. The zero-order chi connectivity index (χ0) is 20.8. The molecule has 1 saturated heterocycles. The topological polar surface area (TPSA) is 67.9 Å². The Morgan fingerprint density at radius 1 is 1.21 bits per heavy atom. The maximum atomic E-state index is 12.6. The number of nitrogens with one attached hydrogen (secondary N) is 1. The number of ether oxygens (including phenoxy) is 2. The molecular formula is C20H22F2N2O4S. The van der Waals surface area contributed by atoms with Crippen LogP contribution in [0.1, 0.15) is 28.1 Å². The number of rotatable bonds is 7. The van der Waals surface area contributed by atoms with Crippen molar-refractivity contribution in [3.05, 3.63) is 46.2 Å². The van der Waals surface area contributed by atoms with E-state index in [-0.39, 0.29) is 29.0 Å². The van der Waals surface area contributed by atoms with E-state index in [1.807, 2.05) is 24.3 Å². The van der Waals surface area contributed by atoms with Gasteiger partial charge in [-0.3, -0.25) is 9.59 Å². The number of methoxy groups -OCH3 is 1. The Kier molecular flexibility index (Phi) is 7.03. The SMILES string of the molecule is COc1ccccc1CC(=O)N1CCC(NC(=O)c2sccc2OC(F)F)CC1. The van der Waals surface area contributed by atoms with Gasteiger partial charge in [-0.05, 0) is 30.4 Å². The van der Waals surface area contributed by atoms with Gasteiger partial charge >= 0.3 is 6.61 Å². The zero-order valence-electron chi connectivity index (χ0n) is 15.9. The van der Waals surface area contributed by atoms with Crippen LogP contribution in [0.2, 0.25) is 0 Å². The molecule has 3 rings (SSSR count). The fourth-order valence-corrected chi connectivity index (χ4v) is 4.03. The van der Waals surface area contributed by atoms with Gasteiger partial charge in [0.2, 0.25) is 5.91 Å². The molecule has 29 heavy (non-hydrogen) atoms. The third-order valence-corrected chi connectivity index (χ3v) is 5.66. The number of thiophene rings is 1. The molecule has 9 heteroatoms. The number of carbonyl (C=O) groups is 2. The van der Waals surface area contributed by atoms with Gasteiger partial charge in [-0.1, -0.05) is 18.2 Å². The van der Waals surface area contributed by atoms with Gasteiger partial charge in [-0.25, -0.2) is 0 Å². The predicted molar refractivity (Wildman–Crippen MR) is 105 cm³/mol. The van der Waals surface area contributed by atoms with Crippen LogP contribution in [0.5, 0.6) is 11.5 Å². The zero-order valence-corrected chi connectivity index (χ0v) is 16.7. The summed E-state index contributed by atoms with van der Waals surface area (Å²) < 4.78 is 34.5. The highest BCUT2D eigenvalue weighted by molar-refractivity contribution is 7.12. The normalized spacial score (nSPS) is 14.7. The molecule has 0 saturated carbocycles. The average molecular weight is 424 g/mol. The number of carbonyl (C=O) groups excluding carboxylic acids is 2. The van der Waals surface area contributed by atoms with E-state index in [1.54, 1.807) is 12.0 Å². The number of nitrogens with zero attached hydrogens (tertiary/aromatic N) is 1. The Morgan fingerprint density at radius 2 is 1.93 bits per heavy atom. The van der Waals surface area contributed by atoms with Gasteiger partial charge in [0.1, 0.15) is 16.4 Å². The Hall–Kier alpha value is -2.68. The lowest BCUT2D eigenvalue weighted by atomic mass is 10.0. The molecule has 1 N–H and O–H groups in total. The lowest BCUT2D eigenvalue weighted by Crippen LogP contribution is -2.46. The lowest BCUT2D eigenvalue weighted by molar-refractivity contribution is -0.131. The molecular weight excluding hydrogens is 402 g/mol. The monoisotopic (exact) mass is 424 g/mol. The number of hydrogen-bond acceptors (Lipinski definition) is 5. The van der Waals surface area contributed by atoms with Crippen molar-refractivity contribution in [1.29, 1.82) is 0 Å². The number of halogens is 2. The molecule has 2 heterocycles. The van der Waals surface area contributed by atoms with E-state index in [1.165, 1.54) is 11.4 Å². The largest absolute Gasteiger partial charge is 0.496 e. The van der Waals surface area contributed by atoms with Crippen LogP contribution >= 0.6 is 11.3 Å². The van der Waals surface area contributed by atoms with E-state index >= 15 is 0 Å². The second kappa shape index (κ2) is 9.69. The van der Waals surface area contributed by atoms with E-state index in [2.05, 4.69) is 10.1 Å². The fraction of sp³-hybridized carbons (Fsp3) is 0.400. The summed E-state index contributed by atoms with van der Waals surface area (Å²) in [6.45, 7) is -1.94. The molecule has 1 fully saturated rings. The standard InChI is InChI=1S/C20H22F2N2O4S/c1-27-15-5-3-2-4-13(15)12-17(25)24-9-6-14(7-10-24)23-19(26)18-16(8-11-29-18)28-20(21)22/h2-5,8,11,14,20H,6-7,9-10,12H2,1H3,(H,23,26). The highest BCUT2D eigenvalue weighted by Gasteiger charge is 2.26. The van der Waals surface area contributed by atoms with Crippen LogP contribution in [-0.2, 0) is 11.2 Å². The van der Waals surface area contributed by atoms with Gasteiger partial charge in [-0.15, -0.1) is 11.3 Å². The first-order valence-corrected chi connectivity index (χ1v) is 10.1. The highest BCUT2D eigenvalue weighted by Crippen LogP contribution is 2.27. The van der Waals surface area contributed by atoms with Crippen LogP contribution in [0.15, 0.2) is 35.7 Å². The van der Waals surface area contributed by atoms with E-state index < -0.39 is 12.5 Å². The molecule has 1 aliphatic heterocycles. The number of amides is 2. The van der Waals surface area contributed by atoms with Crippen LogP contribution < -0.4 is 14.8 Å². The van der Waals surface area contributed by atoms with Crippen molar-refractivity contribution >= 4 is 23.2 Å². The third-order valence-electron chi connectivity index (χ3n) is 4.77. The van der Waals surface area contributed by atoms with Gasteiger partial charge < -0.3 is 19.7 Å². The minimum Gasteiger partial charge on any atom is -0.496 e. The van der Waals surface area contributed by atoms with Gasteiger partial charge in [0.25, 0.3) is 5.91 Å². The van der Waals surface area contributed by atoms with E-state index in [0.717, 1.165) is 16.9 Å². The summed E-state index contributed by atoms with van der Waals surface area (Å²) in [6, 6.07) is 8.63. The Bertz CT molecular complexity index is 851. The molecule has 0 radical (unpaired) electrons. The lowest BCUT2D eigenvalue weighted by Gasteiger charge is -2.32. The van der Waals surface area contributed by atoms with Crippen molar-refractivity contribution in [2.45, 2.75) is 31.9 Å². The summed E-state index contributed by atoms with van der Waals surface area (Å²) in [5.74, 6) is 0.132. The van der Waals surface area contributed by atoms with Gasteiger partial charge in [0, 0.05) is 24.7 Å². The Morgan fingerprint density at radius 3 is 2.62 bits per heavy atom. The number of para-hydroxylation sites is 1. The van der Waals surface area contributed by atoms with Crippen molar-refractivity contribution < 1.29 is 27.8 Å². The van der Waals surface area contributed by atoms with Crippen LogP contribution in [0.25, 0.3) is 0 Å². The summed E-state index contributed by atoms with van der Waals surface area (Å²) in [4.78, 5) is 26.9. The maximum absolute atomic E-state index is 12.6. The molecule has 6 nitrogen and oxygen atoms in total. The van der Waals surface area contributed by atoms with Crippen LogP contribution in [0.3, 0.4) is 0 Å². The van der Waals surface area contributed by atoms with Crippen LogP contribution in [0.4, 0.5) is 8.78 Å². The molecule has 0 atom stereocenters. The van der Waals surface area contributed by atoms with Crippen molar-refractivity contribution in [2.75, 3.05) is 20.2 Å². The molecule has 1 aromatic carbocycles. The fourth-order valence-electron chi connectivity index (χ4n) is 3.30. The molecule has 1 aromatic heterocycles. The maximum Gasteiger partial charge on any atom is 0.387 e. The minimum absolute atomic E-state index is 0.00477. The van der Waals surface area contributed by atoms with Crippen molar-refractivity contribution in [3.8, 4) is 11.5 Å². The Labute approximate surface area is 171 Å². The van der Waals surface area contributed by atoms with Crippen LogP contribution in [-0.4, -0.2) is 49.6 Å². The van der Waals surface area contributed by atoms with Gasteiger partial charge in [0.15, 0.2) is 0 Å². The van der Waals surface area contributed by atoms with Gasteiger partial charge in [-0.2, -0.15) is 8.78 Å². The summed E-state index contributed by atoms with van der Waals surface area (Å²) in [5, 5.41) is 4.38. The summed E-state index contributed by atoms with van der Waals surface area (Å²) in [5.41, 5.74) is 0.833. The van der Waals surface area contributed by atoms with Crippen molar-refractivity contribution in [3.63, 3.8) is 0 Å². The molecule has 0 aliphatic carbocycles. The molecule has 0 bridgehead atoms. The highest BCUT2D eigenvalue weighted by atomic mass is 32.1. The summed E-state index contributed by atoms with van der Waals surface area (Å²) >= 11 is 1.05. The second-order valence-electron chi connectivity index (χ2n) is 6.61. The number of alkyl halides is 2. The van der Waals surface area contributed by atoms with Crippen LogP contribution in [0, 0.1) is 0 Å². The first-order valence-electron chi connectivity index (χ1n) is 9.20. The smallest absolute Gasteiger partial charge is 0.387 e. The Balaban J connectivity index is 1.51. The second-order valence-corrected chi connectivity index (χ2v) is 7.53. The number of piperidine rings is 1. The third kappa shape index (κ3) is 5.44. The van der Waals surface area contributed by atoms with E-state index in [0.29, 0.717) is 31.7 Å². The van der Waals surface area contributed by atoms with E-state index in [9.17, 15) is 18.4 Å². The molecule has 0 spiro atoms. The molecule has 1 aliphatic rings. The van der Waals surface area contributed by atoms with E-state index in [4.69, 9.17) is 4.74 Å². The quantitative estimate of drug-likeness (QED) is 0.741. The molecule has 0 unspecified atom stereocenters. The summed E-state index contributed by atoms with van der Waals surface area (Å²) in [7, 11) is 1.57. The number of hydrogen-bond donors (Lipinski definition) is 1. The minimum atomic E-state index is -2.98. The summed E-state index contributed by atoms with van der Waals surface area (Å²) in [6.07, 6.45) is 1.45. The van der Waals surface area contributed by atoms with Crippen molar-refractivity contribution in [1.82, 2.24) is 10.2 Å². The molecule has 156 valence electrons. The number of likely N-dealkylation sites (tertiary alicyclic amines) is 1. The first kappa shape index (κ1) is 21.0. The van der Waals surface area contributed by atoms with Crippen molar-refractivity contribution in [2.24, 2.45) is 0 Å². The van der Waals surface area contributed by atoms with Gasteiger partial charge in [0.05, 0.1) is 13.5 Å². The first-order chi connectivity index (χ1) is 14.0. The number of benzene rings is 1. The average Bonchev–Trinajstić information content (AvgIpc) is 3.16. The molecule has 2 aromatic rings.